The van der Waals surface area contributed by atoms with Crippen molar-refractivity contribution in [1.29, 1.82) is 0 Å². The third-order valence-electron chi connectivity index (χ3n) is 2.84. The minimum Gasteiger partial charge on any atom is -0.486 e. The SMILES string of the molecule is OC1CCCCC1Oc1ccc(Cl)cc1Cl. The summed E-state index contributed by atoms with van der Waals surface area (Å²) in [7, 11) is 0. The van der Waals surface area contributed by atoms with Crippen LogP contribution in [0.1, 0.15) is 25.7 Å². The summed E-state index contributed by atoms with van der Waals surface area (Å²) in [5.41, 5.74) is 0. The van der Waals surface area contributed by atoms with E-state index in [4.69, 9.17) is 27.9 Å². The predicted octanol–water partition coefficient (Wildman–Crippen LogP) is 3.68. The van der Waals surface area contributed by atoms with E-state index in [9.17, 15) is 5.11 Å². The van der Waals surface area contributed by atoms with Crippen molar-refractivity contribution < 1.29 is 9.84 Å². The average Bonchev–Trinajstić information content (AvgIpc) is 2.25. The number of aliphatic hydroxyl groups excluding tert-OH is 1. The van der Waals surface area contributed by atoms with Crippen LogP contribution in [-0.2, 0) is 0 Å². The Labute approximate surface area is 105 Å². The molecule has 1 fully saturated rings. The molecular formula is C12H14Cl2O2. The second kappa shape index (κ2) is 5.26. The maximum Gasteiger partial charge on any atom is 0.138 e. The molecule has 1 saturated carbocycles. The van der Waals surface area contributed by atoms with Crippen molar-refractivity contribution in [2.45, 2.75) is 37.9 Å². The molecule has 0 heterocycles. The van der Waals surface area contributed by atoms with Gasteiger partial charge < -0.3 is 9.84 Å². The van der Waals surface area contributed by atoms with E-state index in [0.29, 0.717) is 15.8 Å². The van der Waals surface area contributed by atoms with Crippen LogP contribution in [0.15, 0.2) is 18.2 Å². The van der Waals surface area contributed by atoms with Crippen molar-refractivity contribution in [2.75, 3.05) is 0 Å². The van der Waals surface area contributed by atoms with Gasteiger partial charge in [0.15, 0.2) is 0 Å². The highest BCUT2D eigenvalue weighted by molar-refractivity contribution is 6.35. The molecule has 0 amide bonds. The third-order valence-corrected chi connectivity index (χ3v) is 3.37. The van der Waals surface area contributed by atoms with Gasteiger partial charge in [0.25, 0.3) is 0 Å². The van der Waals surface area contributed by atoms with E-state index >= 15 is 0 Å². The smallest absolute Gasteiger partial charge is 0.138 e. The Balaban J connectivity index is 2.07. The van der Waals surface area contributed by atoms with Crippen LogP contribution in [0.25, 0.3) is 0 Å². The molecule has 88 valence electrons. The first-order valence-corrected chi connectivity index (χ1v) is 6.22. The largest absolute Gasteiger partial charge is 0.486 e. The van der Waals surface area contributed by atoms with Crippen LogP contribution in [0.2, 0.25) is 10.0 Å². The van der Waals surface area contributed by atoms with Crippen molar-refractivity contribution in [1.82, 2.24) is 0 Å². The quantitative estimate of drug-likeness (QED) is 0.880. The van der Waals surface area contributed by atoms with Crippen LogP contribution in [0.3, 0.4) is 0 Å². The highest BCUT2D eigenvalue weighted by Gasteiger charge is 2.25. The van der Waals surface area contributed by atoms with Gasteiger partial charge in [0.1, 0.15) is 11.9 Å². The zero-order valence-corrected chi connectivity index (χ0v) is 10.3. The lowest BCUT2D eigenvalue weighted by atomic mass is 9.95. The second-order valence-electron chi connectivity index (χ2n) is 4.08. The van der Waals surface area contributed by atoms with Crippen LogP contribution in [0.4, 0.5) is 0 Å². The maximum absolute atomic E-state index is 9.78. The number of benzene rings is 1. The van der Waals surface area contributed by atoms with E-state index in [1.54, 1.807) is 18.2 Å². The zero-order valence-electron chi connectivity index (χ0n) is 8.83. The minimum absolute atomic E-state index is 0.146. The van der Waals surface area contributed by atoms with Gasteiger partial charge in [-0.3, -0.25) is 0 Å². The molecule has 2 nitrogen and oxygen atoms in total. The third kappa shape index (κ3) is 2.82. The van der Waals surface area contributed by atoms with Gasteiger partial charge in [-0.2, -0.15) is 0 Å². The Morgan fingerprint density at radius 1 is 1.19 bits per heavy atom. The summed E-state index contributed by atoms with van der Waals surface area (Å²) in [4.78, 5) is 0. The van der Waals surface area contributed by atoms with Crippen LogP contribution < -0.4 is 4.74 Å². The second-order valence-corrected chi connectivity index (χ2v) is 4.93. The number of halogens is 2. The first-order valence-electron chi connectivity index (χ1n) is 5.46. The summed E-state index contributed by atoms with van der Waals surface area (Å²) in [5, 5.41) is 10.9. The van der Waals surface area contributed by atoms with Gasteiger partial charge in [-0.15, -0.1) is 0 Å². The molecule has 4 heteroatoms. The summed E-state index contributed by atoms with van der Waals surface area (Å²) >= 11 is 11.8. The molecule has 1 aliphatic rings. The molecule has 1 aromatic carbocycles. The van der Waals surface area contributed by atoms with Gasteiger partial charge in [-0.05, 0) is 37.5 Å². The van der Waals surface area contributed by atoms with Gasteiger partial charge in [-0.25, -0.2) is 0 Å². The van der Waals surface area contributed by atoms with E-state index in [1.165, 1.54) is 0 Å². The fourth-order valence-corrected chi connectivity index (χ4v) is 2.40. The molecule has 2 rings (SSSR count). The average molecular weight is 261 g/mol. The summed E-state index contributed by atoms with van der Waals surface area (Å²) < 4.78 is 5.71. The van der Waals surface area contributed by atoms with Crippen molar-refractivity contribution in [2.24, 2.45) is 0 Å². The Morgan fingerprint density at radius 3 is 2.62 bits per heavy atom. The first kappa shape index (κ1) is 12.0. The first-order chi connectivity index (χ1) is 7.66. The van der Waals surface area contributed by atoms with E-state index in [0.717, 1.165) is 25.7 Å². The fraction of sp³-hybridized carbons (Fsp3) is 0.500. The Morgan fingerprint density at radius 2 is 1.94 bits per heavy atom. The highest BCUT2D eigenvalue weighted by atomic mass is 35.5. The summed E-state index contributed by atoms with van der Waals surface area (Å²) in [6, 6.07) is 5.12. The lowest BCUT2D eigenvalue weighted by molar-refractivity contribution is 0.00693. The molecule has 0 aliphatic heterocycles. The molecule has 1 N–H and O–H groups in total. The molecule has 0 spiro atoms. The monoisotopic (exact) mass is 260 g/mol. The molecule has 1 aliphatic carbocycles. The summed E-state index contributed by atoms with van der Waals surface area (Å²) in [6.07, 6.45) is 3.30. The molecule has 0 saturated heterocycles. The standard InChI is InChI=1S/C12H14Cl2O2/c13-8-5-6-11(9(14)7-8)16-12-4-2-1-3-10(12)15/h5-7,10,12,15H,1-4H2. The van der Waals surface area contributed by atoms with Gasteiger partial charge in [-0.1, -0.05) is 29.6 Å². The van der Waals surface area contributed by atoms with E-state index < -0.39 is 0 Å². The number of ether oxygens (including phenoxy) is 1. The summed E-state index contributed by atoms with van der Waals surface area (Å²) in [6.45, 7) is 0. The Hall–Kier alpha value is -0.440. The Bertz CT molecular complexity index is 368. The van der Waals surface area contributed by atoms with Crippen LogP contribution in [0, 0.1) is 0 Å². The van der Waals surface area contributed by atoms with E-state index in [-0.39, 0.29) is 12.2 Å². The highest BCUT2D eigenvalue weighted by Crippen LogP contribution is 2.31. The van der Waals surface area contributed by atoms with E-state index in [1.807, 2.05) is 0 Å². The normalized spacial score (nSPS) is 25.4. The number of hydrogen-bond donors (Lipinski definition) is 1. The van der Waals surface area contributed by atoms with Crippen LogP contribution in [-0.4, -0.2) is 17.3 Å². The van der Waals surface area contributed by atoms with Crippen molar-refractivity contribution >= 4 is 23.2 Å². The lowest BCUT2D eigenvalue weighted by Crippen LogP contribution is -2.34. The van der Waals surface area contributed by atoms with Crippen molar-refractivity contribution in [3.05, 3.63) is 28.2 Å². The van der Waals surface area contributed by atoms with Crippen molar-refractivity contribution in [3.8, 4) is 5.75 Å². The summed E-state index contributed by atoms with van der Waals surface area (Å²) in [5.74, 6) is 0.594. The molecule has 1 aromatic rings. The van der Waals surface area contributed by atoms with Crippen LogP contribution in [0.5, 0.6) is 5.75 Å². The van der Waals surface area contributed by atoms with E-state index in [2.05, 4.69) is 0 Å². The number of hydrogen-bond acceptors (Lipinski definition) is 2. The Kier molecular flexibility index (Phi) is 3.95. The lowest BCUT2D eigenvalue weighted by Gasteiger charge is -2.28. The molecule has 0 aromatic heterocycles. The fourth-order valence-electron chi connectivity index (χ4n) is 1.95. The predicted molar refractivity (Wildman–Crippen MR) is 65.4 cm³/mol. The maximum atomic E-state index is 9.78. The van der Waals surface area contributed by atoms with Gasteiger partial charge in [0.05, 0.1) is 11.1 Å². The molecule has 0 bridgehead atoms. The molecular weight excluding hydrogens is 247 g/mol. The molecule has 16 heavy (non-hydrogen) atoms. The number of aliphatic hydroxyl groups is 1. The number of rotatable bonds is 2. The van der Waals surface area contributed by atoms with Crippen LogP contribution >= 0.6 is 23.2 Å². The van der Waals surface area contributed by atoms with Gasteiger partial charge >= 0.3 is 0 Å². The van der Waals surface area contributed by atoms with Gasteiger partial charge in [0.2, 0.25) is 0 Å². The molecule has 0 radical (unpaired) electrons. The zero-order chi connectivity index (χ0) is 11.5. The van der Waals surface area contributed by atoms with Gasteiger partial charge in [0, 0.05) is 5.02 Å². The molecule has 2 unspecified atom stereocenters. The van der Waals surface area contributed by atoms with Crippen molar-refractivity contribution in [3.63, 3.8) is 0 Å². The minimum atomic E-state index is -0.388. The molecule has 2 atom stereocenters. The topological polar surface area (TPSA) is 29.5 Å².